The van der Waals surface area contributed by atoms with Gasteiger partial charge in [-0.2, -0.15) is 0 Å². The molecule has 2 aromatic rings. The number of nitrogens with one attached hydrogen (secondary N) is 1. The lowest BCUT2D eigenvalue weighted by Crippen LogP contribution is -2.29. The Balaban J connectivity index is 2.15. The molecule has 0 saturated heterocycles. The summed E-state index contributed by atoms with van der Waals surface area (Å²) in [6, 6.07) is 11.5. The molecule has 0 aliphatic carbocycles. The van der Waals surface area contributed by atoms with Crippen molar-refractivity contribution in [3.63, 3.8) is 0 Å². The lowest BCUT2D eigenvalue weighted by atomic mass is 10.1. The third-order valence-electron chi connectivity index (χ3n) is 3.20. The van der Waals surface area contributed by atoms with E-state index >= 15 is 0 Å². The predicted octanol–water partition coefficient (Wildman–Crippen LogP) is 3.39. The fraction of sp³-hybridized carbons (Fsp3) is 0.118. The first-order chi connectivity index (χ1) is 11.3. The summed E-state index contributed by atoms with van der Waals surface area (Å²) in [5, 5.41) is 1.41. The van der Waals surface area contributed by atoms with Crippen molar-refractivity contribution in [3.05, 3.63) is 69.6 Å². The minimum absolute atomic E-state index is 0.248. The molecule has 0 bridgehead atoms. The Morgan fingerprint density at radius 3 is 2.62 bits per heavy atom. The Hall–Kier alpha value is -2.31. The molecule has 2 rings (SSSR count). The topological polar surface area (TPSA) is 72.5 Å². The van der Waals surface area contributed by atoms with E-state index in [0.29, 0.717) is 21.9 Å². The summed E-state index contributed by atoms with van der Waals surface area (Å²) < 4.78 is 31.2. The molecular weight excluding hydrogens is 350 g/mol. The maximum absolute atomic E-state index is 12.1. The van der Waals surface area contributed by atoms with Crippen LogP contribution in [0.4, 0.5) is 0 Å². The van der Waals surface area contributed by atoms with E-state index in [2.05, 4.69) is 0 Å². The smallest absolute Gasteiger partial charge is 0.265 e. The molecule has 0 aliphatic heterocycles. The summed E-state index contributed by atoms with van der Waals surface area (Å²) in [4.78, 5) is 12.1. The van der Waals surface area contributed by atoms with Gasteiger partial charge in [0.25, 0.3) is 15.9 Å². The molecule has 0 unspecified atom stereocenters. The highest BCUT2D eigenvalue weighted by molar-refractivity contribution is 7.93. The summed E-state index contributed by atoms with van der Waals surface area (Å²) in [6.45, 7) is 1.68. The molecule has 0 spiro atoms. The number of rotatable bonds is 5. The Morgan fingerprint density at radius 1 is 1.21 bits per heavy atom. The van der Waals surface area contributed by atoms with Gasteiger partial charge in [0, 0.05) is 10.6 Å². The van der Waals surface area contributed by atoms with E-state index in [1.807, 2.05) is 4.72 Å². The molecule has 7 heteroatoms. The molecule has 0 saturated carbocycles. The van der Waals surface area contributed by atoms with Gasteiger partial charge in [-0.3, -0.25) is 4.79 Å². The first-order valence-corrected chi connectivity index (χ1v) is 8.88. The Bertz CT molecular complexity index is 891. The maximum Gasteiger partial charge on any atom is 0.265 e. The fourth-order valence-corrected chi connectivity index (χ4v) is 3.01. The number of hydrogen-bond donors (Lipinski definition) is 1. The van der Waals surface area contributed by atoms with Crippen molar-refractivity contribution in [1.82, 2.24) is 4.72 Å². The van der Waals surface area contributed by atoms with Crippen LogP contribution in [0.15, 0.2) is 47.9 Å². The second-order valence-corrected chi connectivity index (χ2v) is 7.02. The van der Waals surface area contributed by atoms with E-state index in [9.17, 15) is 13.2 Å². The number of carbonyl (C=O) groups excluding carboxylic acids is 1. The number of sulfonamides is 1. The number of amides is 1. The SMILES string of the molecule is COc1cccc(/C=C/S(=O)(=O)NC(=O)c2ccc(Cl)cc2C)c1. The van der Waals surface area contributed by atoms with Crippen LogP contribution in [0.25, 0.3) is 6.08 Å². The van der Waals surface area contributed by atoms with Gasteiger partial charge in [0.1, 0.15) is 5.75 Å². The monoisotopic (exact) mass is 365 g/mol. The zero-order valence-electron chi connectivity index (χ0n) is 13.1. The molecule has 0 heterocycles. The first-order valence-electron chi connectivity index (χ1n) is 6.96. The van der Waals surface area contributed by atoms with Crippen LogP contribution in [0.5, 0.6) is 5.75 Å². The molecule has 0 aliphatic rings. The van der Waals surface area contributed by atoms with Gasteiger partial charge in [-0.1, -0.05) is 23.7 Å². The Morgan fingerprint density at radius 2 is 1.96 bits per heavy atom. The molecule has 126 valence electrons. The van der Waals surface area contributed by atoms with Crippen LogP contribution in [-0.4, -0.2) is 21.4 Å². The third kappa shape index (κ3) is 4.84. The van der Waals surface area contributed by atoms with E-state index in [4.69, 9.17) is 16.3 Å². The number of hydrogen-bond acceptors (Lipinski definition) is 4. The van der Waals surface area contributed by atoms with Crippen LogP contribution in [0.3, 0.4) is 0 Å². The highest BCUT2D eigenvalue weighted by Gasteiger charge is 2.15. The van der Waals surface area contributed by atoms with Crippen molar-refractivity contribution in [2.45, 2.75) is 6.92 Å². The molecular formula is C17H16ClNO4S. The van der Waals surface area contributed by atoms with Crippen LogP contribution < -0.4 is 9.46 Å². The largest absolute Gasteiger partial charge is 0.497 e. The highest BCUT2D eigenvalue weighted by atomic mass is 35.5. The van der Waals surface area contributed by atoms with E-state index in [0.717, 1.165) is 5.41 Å². The van der Waals surface area contributed by atoms with Gasteiger partial charge in [-0.15, -0.1) is 0 Å². The molecule has 1 N–H and O–H groups in total. The number of halogens is 1. The zero-order chi connectivity index (χ0) is 17.7. The fourth-order valence-electron chi connectivity index (χ4n) is 2.01. The molecule has 24 heavy (non-hydrogen) atoms. The van der Waals surface area contributed by atoms with Crippen LogP contribution >= 0.6 is 11.6 Å². The summed E-state index contributed by atoms with van der Waals surface area (Å²) in [5.74, 6) is -0.102. The average molecular weight is 366 g/mol. The van der Waals surface area contributed by atoms with Gasteiger partial charge in [0.2, 0.25) is 0 Å². The van der Waals surface area contributed by atoms with Crippen LogP contribution in [0.2, 0.25) is 5.02 Å². The van der Waals surface area contributed by atoms with Gasteiger partial charge < -0.3 is 4.74 Å². The lowest BCUT2D eigenvalue weighted by molar-refractivity contribution is 0.0981. The molecule has 0 radical (unpaired) electrons. The highest BCUT2D eigenvalue weighted by Crippen LogP contribution is 2.16. The lowest BCUT2D eigenvalue weighted by Gasteiger charge is -2.06. The summed E-state index contributed by atoms with van der Waals surface area (Å²) in [7, 11) is -2.41. The molecule has 0 aromatic heterocycles. The maximum atomic E-state index is 12.1. The van der Waals surface area contributed by atoms with E-state index in [-0.39, 0.29) is 5.56 Å². The van der Waals surface area contributed by atoms with Crippen molar-refractivity contribution >= 4 is 33.6 Å². The molecule has 1 amide bonds. The van der Waals surface area contributed by atoms with Crippen LogP contribution in [-0.2, 0) is 10.0 Å². The van der Waals surface area contributed by atoms with Gasteiger partial charge in [0.05, 0.1) is 12.5 Å². The van der Waals surface area contributed by atoms with Crippen molar-refractivity contribution < 1.29 is 17.9 Å². The first kappa shape index (κ1) is 18.0. The Labute approximate surface area is 146 Å². The van der Waals surface area contributed by atoms with Crippen LogP contribution in [0, 0.1) is 6.92 Å². The van der Waals surface area contributed by atoms with E-state index in [1.165, 1.54) is 25.3 Å². The standard InChI is InChI=1S/C17H16ClNO4S/c1-12-10-14(18)6-7-16(12)17(20)19-24(21,22)9-8-13-4-3-5-15(11-13)23-2/h3-11H,1-2H3,(H,19,20)/b9-8+. The van der Waals surface area contributed by atoms with E-state index < -0.39 is 15.9 Å². The van der Waals surface area contributed by atoms with Crippen molar-refractivity contribution in [1.29, 1.82) is 0 Å². The average Bonchev–Trinajstić information content (AvgIpc) is 2.52. The summed E-state index contributed by atoms with van der Waals surface area (Å²) >= 11 is 5.83. The second kappa shape index (κ2) is 7.51. The molecule has 5 nitrogen and oxygen atoms in total. The van der Waals surface area contributed by atoms with Gasteiger partial charge >= 0.3 is 0 Å². The van der Waals surface area contributed by atoms with Gasteiger partial charge in [-0.05, 0) is 54.5 Å². The quantitative estimate of drug-likeness (QED) is 0.881. The van der Waals surface area contributed by atoms with Crippen molar-refractivity contribution in [3.8, 4) is 5.75 Å². The van der Waals surface area contributed by atoms with Gasteiger partial charge in [-0.25, -0.2) is 13.1 Å². The second-order valence-electron chi connectivity index (χ2n) is 5.01. The number of ether oxygens (including phenoxy) is 1. The van der Waals surface area contributed by atoms with Crippen molar-refractivity contribution in [2.75, 3.05) is 7.11 Å². The normalized spacial score (nSPS) is 11.5. The summed E-state index contributed by atoms with van der Waals surface area (Å²) in [5.41, 5.74) is 1.47. The van der Waals surface area contributed by atoms with E-state index in [1.54, 1.807) is 37.3 Å². The van der Waals surface area contributed by atoms with Crippen LogP contribution in [0.1, 0.15) is 21.5 Å². The molecule has 2 aromatic carbocycles. The third-order valence-corrected chi connectivity index (χ3v) is 4.40. The van der Waals surface area contributed by atoms with Gasteiger partial charge in [0.15, 0.2) is 0 Å². The number of aryl methyl sites for hydroxylation is 1. The minimum Gasteiger partial charge on any atom is -0.497 e. The minimum atomic E-state index is -3.93. The molecule has 0 atom stereocenters. The van der Waals surface area contributed by atoms with Crippen molar-refractivity contribution in [2.24, 2.45) is 0 Å². The summed E-state index contributed by atoms with van der Waals surface area (Å²) in [6.07, 6.45) is 1.38. The zero-order valence-corrected chi connectivity index (χ0v) is 14.7. The number of carbonyl (C=O) groups is 1. The Kier molecular flexibility index (Phi) is 5.64. The predicted molar refractivity (Wildman–Crippen MR) is 94.6 cm³/mol. The number of methoxy groups -OCH3 is 1. The number of benzene rings is 2. The molecule has 0 fully saturated rings.